The summed E-state index contributed by atoms with van der Waals surface area (Å²) in [4.78, 5) is 7.17. The van der Waals surface area contributed by atoms with Gasteiger partial charge in [0, 0.05) is 43.2 Å². The Morgan fingerprint density at radius 1 is 0.640 bits per heavy atom. The zero-order chi connectivity index (χ0) is 17.1. The number of ether oxygens (including phenoxy) is 1. The van der Waals surface area contributed by atoms with E-state index in [4.69, 9.17) is 4.74 Å². The molecule has 25 heavy (non-hydrogen) atoms. The molecule has 6 heteroatoms. The predicted octanol–water partition coefficient (Wildman–Crippen LogP) is 1.85. The van der Waals surface area contributed by atoms with Gasteiger partial charge in [-0.1, -0.05) is 0 Å². The summed E-state index contributed by atoms with van der Waals surface area (Å²) in [5.74, 6) is 0.908. The molecule has 132 valence electrons. The number of piperazine rings is 1. The van der Waals surface area contributed by atoms with Crippen LogP contribution in [0, 0.1) is 0 Å². The molecule has 2 saturated heterocycles. The van der Waals surface area contributed by atoms with Crippen LogP contribution < -0.4 is 30.3 Å². The molecule has 2 N–H and O–H groups in total. The first-order valence-electron chi connectivity index (χ1n) is 8.78. The molecule has 0 aromatic heterocycles. The van der Waals surface area contributed by atoms with E-state index in [9.17, 15) is 0 Å². The highest BCUT2D eigenvalue weighted by Gasteiger charge is 2.18. The van der Waals surface area contributed by atoms with Crippen molar-refractivity contribution >= 4 is 17.1 Å². The Balaban J connectivity index is 1.36. The van der Waals surface area contributed by atoms with Gasteiger partial charge in [0.15, 0.2) is 0 Å². The third-order valence-electron chi connectivity index (χ3n) is 4.96. The molecule has 2 heterocycles. The van der Waals surface area contributed by atoms with Gasteiger partial charge in [-0.25, -0.2) is 10.9 Å². The Morgan fingerprint density at radius 3 is 1.48 bits per heavy atom. The van der Waals surface area contributed by atoms with E-state index in [-0.39, 0.29) is 0 Å². The van der Waals surface area contributed by atoms with Gasteiger partial charge in [-0.15, -0.1) is 0 Å². The molecule has 0 aliphatic carbocycles. The number of anilines is 3. The van der Waals surface area contributed by atoms with Crippen molar-refractivity contribution in [2.45, 2.75) is 0 Å². The van der Waals surface area contributed by atoms with Crippen molar-refractivity contribution in [3.63, 3.8) is 0 Å². The van der Waals surface area contributed by atoms with Gasteiger partial charge in [-0.3, -0.25) is 0 Å². The van der Waals surface area contributed by atoms with Crippen LogP contribution >= 0.6 is 0 Å². The van der Waals surface area contributed by atoms with Crippen molar-refractivity contribution in [2.24, 2.45) is 0 Å². The van der Waals surface area contributed by atoms with Crippen LogP contribution in [0.2, 0.25) is 0 Å². The first-order chi connectivity index (χ1) is 12.3. The number of rotatable bonds is 4. The van der Waals surface area contributed by atoms with Crippen LogP contribution in [-0.4, -0.2) is 46.6 Å². The lowest BCUT2D eigenvalue weighted by Crippen LogP contribution is -2.46. The van der Waals surface area contributed by atoms with Crippen molar-refractivity contribution in [2.75, 3.05) is 61.3 Å². The quantitative estimate of drug-likeness (QED) is 0.886. The summed E-state index contributed by atoms with van der Waals surface area (Å²) in [6.07, 6.45) is 0. The van der Waals surface area contributed by atoms with Crippen molar-refractivity contribution in [3.8, 4) is 5.75 Å². The average Bonchev–Trinajstić information content (AvgIpc) is 3.23. The molecule has 2 aromatic carbocycles. The predicted molar refractivity (Wildman–Crippen MR) is 102 cm³/mol. The van der Waals surface area contributed by atoms with E-state index in [0.29, 0.717) is 0 Å². The van der Waals surface area contributed by atoms with Gasteiger partial charge in [0.25, 0.3) is 0 Å². The van der Waals surface area contributed by atoms with E-state index in [1.165, 1.54) is 17.1 Å². The Kier molecular flexibility index (Phi) is 4.63. The van der Waals surface area contributed by atoms with E-state index in [1.807, 2.05) is 12.1 Å². The minimum atomic E-state index is 0.847. The second-order valence-electron chi connectivity index (χ2n) is 6.40. The third-order valence-corrected chi connectivity index (χ3v) is 4.96. The number of nitrogens with zero attached hydrogens (tertiary/aromatic N) is 3. The van der Waals surface area contributed by atoms with Crippen LogP contribution in [0.1, 0.15) is 0 Å². The second kappa shape index (κ2) is 7.21. The minimum absolute atomic E-state index is 0.847. The van der Waals surface area contributed by atoms with E-state index in [1.54, 1.807) is 7.11 Å². The van der Waals surface area contributed by atoms with Crippen LogP contribution in [-0.2, 0) is 0 Å². The zero-order valence-corrected chi connectivity index (χ0v) is 14.6. The smallest absolute Gasteiger partial charge is 0.119 e. The van der Waals surface area contributed by atoms with Crippen LogP contribution in [0.4, 0.5) is 17.1 Å². The molecule has 0 radical (unpaired) electrons. The Bertz CT molecular complexity index is 674. The zero-order valence-electron chi connectivity index (χ0n) is 14.6. The molecule has 0 spiro atoms. The third kappa shape index (κ3) is 3.50. The molecule has 2 aliphatic rings. The molecule has 2 fully saturated rings. The second-order valence-corrected chi connectivity index (χ2v) is 6.40. The normalized spacial score (nSPS) is 17.9. The van der Waals surface area contributed by atoms with Gasteiger partial charge < -0.3 is 19.4 Å². The van der Waals surface area contributed by atoms with Crippen LogP contribution in [0.25, 0.3) is 0 Å². The molecule has 2 aromatic rings. The average molecular weight is 339 g/mol. The van der Waals surface area contributed by atoms with E-state index in [2.05, 4.69) is 61.9 Å². The minimum Gasteiger partial charge on any atom is -0.497 e. The SMILES string of the molecule is COc1ccc(N2CCN(c3ccc(N4CNNC4)cc3)CC2)cc1. The van der Waals surface area contributed by atoms with E-state index in [0.717, 1.165) is 45.3 Å². The maximum Gasteiger partial charge on any atom is 0.119 e. The molecule has 0 atom stereocenters. The van der Waals surface area contributed by atoms with Gasteiger partial charge in [0.2, 0.25) is 0 Å². The number of benzene rings is 2. The summed E-state index contributed by atoms with van der Waals surface area (Å²) < 4.78 is 5.24. The fourth-order valence-electron chi connectivity index (χ4n) is 3.43. The highest BCUT2D eigenvalue weighted by atomic mass is 16.5. The summed E-state index contributed by atoms with van der Waals surface area (Å²) in [6.45, 7) is 5.85. The maximum absolute atomic E-state index is 5.24. The van der Waals surface area contributed by atoms with Crippen LogP contribution in [0.15, 0.2) is 48.5 Å². The molecule has 0 amide bonds. The van der Waals surface area contributed by atoms with E-state index >= 15 is 0 Å². The Labute approximate surface area is 148 Å². The van der Waals surface area contributed by atoms with Gasteiger partial charge in [-0.05, 0) is 48.5 Å². The number of hydrogen-bond donors (Lipinski definition) is 2. The van der Waals surface area contributed by atoms with Gasteiger partial charge in [0.1, 0.15) is 5.75 Å². The standard InChI is InChI=1S/C19H25N5O/c1-25-19-8-6-17(7-9-19)23-12-10-22(11-13-23)16-2-4-18(5-3-16)24-14-20-21-15-24/h2-9,20-21H,10-15H2,1H3. The molecule has 4 rings (SSSR count). The fraction of sp³-hybridized carbons (Fsp3) is 0.368. The lowest BCUT2D eigenvalue weighted by atomic mass is 10.2. The van der Waals surface area contributed by atoms with Crippen LogP contribution in [0.5, 0.6) is 5.75 Å². The van der Waals surface area contributed by atoms with Crippen molar-refractivity contribution in [3.05, 3.63) is 48.5 Å². The molecule has 0 bridgehead atoms. The van der Waals surface area contributed by atoms with E-state index < -0.39 is 0 Å². The van der Waals surface area contributed by atoms with Crippen LogP contribution in [0.3, 0.4) is 0 Å². The molecular formula is C19H25N5O. The highest BCUT2D eigenvalue weighted by Crippen LogP contribution is 2.24. The van der Waals surface area contributed by atoms with Crippen molar-refractivity contribution in [1.82, 2.24) is 10.9 Å². The first kappa shape index (κ1) is 16.1. The number of nitrogens with one attached hydrogen (secondary N) is 2. The first-order valence-corrected chi connectivity index (χ1v) is 8.78. The lowest BCUT2D eigenvalue weighted by Gasteiger charge is -2.37. The summed E-state index contributed by atoms with van der Waals surface area (Å²) in [5, 5.41) is 0. The lowest BCUT2D eigenvalue weighted by molar-refractivity contribution is 0.415. The fourth-order valence-corrected chi connectivity index (χ4v) is 3.43. The monoisotopic (exact) mass is 339 g/mol. The topological polar surface area (TPSA) is 43.0 Å². The number of hydrogen-bond acceptors (Lipinski definition) is 6. The maximum atomic E-state index is 5.24. The molecule has 0 saturated carbocycles. The summed E-state index contributed by atoms with van der Waals surface area (Å²) in [7, 11) is 1.70. The summed E-state index contributed by atoms with van der Waals surface area (Å²) in [6, 6.07) is 17.2. The largest absolute Gasteiger partial charge is 0.497 e. The molecule has 6 nitrogen and oxygen atoms in total. The van der Waals surface area contributed by atoms with Gasteiger partial charge >= 0.3 is 0 Å². The molecular weight excluding hydrogens is 314 g/mol. The Morgan fingerprint density at radius 2 is 1.04 bits per heavy atom. The van der Waals surface area contributed by atoms with Crippen molar-refractivity contribution < 1.29 is 4.74 Å². The van der Waals surface area contributed by atoms with Gasteiger partial charge in [-0.2, -0.15) is 0 Å². The van der Waals surface area contributed by atoms with Gasteiger partial charge in [0.05, 0.1) is 20.4 Å². The molecule has 2 aliphatic heterocycles. The summed E-state index contributed by atoms with van der Waals surface area (Å²) >= 11 is 0. The highest BCUT2D eigenvalue weighted by molar-refractivity contribution is 5.58. The number of hydrazine groups is 1. The number of methoxy groups -OCH3 is 1. The molecule has 0 unspecified atom stereocenters. The van der Waals surface area contributed by atoms with Crippen molar-refractivity contribution in [1.29, 1.82) is 0 Å². The Hall–Kier alpha value is -2.44. The summed E-state index contributed by atoms with van der Waals surface area (Å²) in [5.41, 5.74) is 10.1.